The molecule has 0 N–H and O–H groups in total. The van der Waals surface area contributed by atoms with Crippen molar-refractivity contribution in [2.24, 2.45) is 4.99 Å². The summed E-state index contributed by atoms with van der Waals surface area (Å²) in [6.07, 6.45) is 1.24. The van der Waals surface area contributed by atoms with Crippen LogP contribution >= 0.6 is 27.3 Å². The van der Waals surface area contributed by atoms with E-state index in [9.17, 15) is 14.4 Å². The molecule has 43 heavy (non-hydrogen) atoms. The van der Waals surface area contributed by atoms with Crippen LogP contribution in [0, 0.1) is 0 Å². The maximum Gasteiger partial charge on any atom is 0.338 e. The van der Waals surface area contributed by atoms with Gasteiger partial charge in [0.15, 0.2) is 4.80 Å². The lowest BCUT2D eigenvalue weighted by atomic mass is 9.90. The lowest BCUT2D eigenvalue weighted by Crippen LogP contribution is -2.41. The SMILES string of the molecule is CCCC1=C(C(=O)OCC)[C@@H](c2c(OC)ccc3ccccc23)n2c(s/c(=C3/C(=O)N(CC)c4ccc(Br)cc43)c2=O)=N1. The highest BCUT2D eigenvalue weighted by Crippen LogP contribution is 2.42. The van der Waals surface area contributed by atoms with Gasteiger partial charge in [-0.05, 0) is 55.3 Å². The summed E-state index contributed by atoms with van der Waals surface area (Å²) in [4.78, 5) is 49.2. The van der Waals surface area contributed by atoms with E-state index in [2.05, 4.69) is 15.9 Å². The van der Waals surface area contributed by atoms with Gasteiger partial charge >= 0.3 is 5.97 Å². The van der Waals surface area contributed by atoms with Gasteiger partial charge < -0.3 is 14.4 Å². The van der Waals surface area contributed by atoms with Crippen LogP contribution in [-0.2, 0) is 14.3 Å². The number of methoxy groups -OCH3 is 1. The number of hydrogen-bond acceptors (Lipinski definition) is 7. The number of rotatable bonds is 7. The van der Waals surface area contributed by atoms with Crippen molar-refractivity contribution in [2.45, 2.75) is 39.7 Å². The molecule has 4 aromatic rings. The van der Waals surface area contributed by atoms with Gasteiger partial charge in [0.05, 0.1) is 36.2 Å². The zero-order valence-corrected chi connectivity index (χ0v) is 26.7. The predicted octanol–water partition coefficient (Wildman–Crippen LogP) is 5.24. The normalized spacial score (nSPS) is 17.2. The van der Waals surface area contributed by atoms with Gasteiger partial charge in [-0.3, -0.25) is 14.2 Å². The third-order valence-corrected chi connectivity index (χ3v) is 9.36. The van der Waals surface area contributed by atoms with Crippen LogP contribution < -0.4 is 24.5 Å². The van der Waals surface area contributed by atoms with Gasteiger partial charge in [0.25, 0.3) is 11.5 Å². The first-order valence-electron chi connectivity index (χ1n) is 14.3. The zero-order chi connectivity index (χ0) is 30.4. The molecule has 0 unspecified atom stereocenters. The van der Waals surface area contributed by atoms with Crippen molar-refractivity contribution < 1.29 is 19.1 Å². The number of esters is 1. The van der Waals surface area contributed by atoms with Gasteiger partial charge in [-0.2, -0.15) is 0 Å². The van der Waals surface area contributed by atoms with Crippen LogP contribution in [0.1, 0.15) is 50.8 Å². The number of likely N-dealkylation sites (N-methyl/N-ethyl adjacent to an activating group) is 1. The number of anilines is 1. The number of halogens is 1. The second-order valence-electron chi connectivity index (χ2n) is 10.2. The highest BCUT2D eigenvalue weighted by atomic mass is 79.9. The fraction of sp³-hybridized carbons (Fsp3) is 0.273. The molecule has 0 radical (unpaired) electrons. The second kappa shape index (κ2) is 11.6. The number of aromatic nitrogens is 1. The summed E-state index contributed by atoms with van der Waals surface area (Å²) in [6, 6.07) is 16.4. The molecule has 1 amide bonds. The molecule has 8 nitrogen and oxygen atoms in total. The van der Waals surface area contributed by atoms with Crippen LogP contribution in [0.2, 0.25) is 0 Å². The minimum Gasteiger partial charge on any atom is -0.496 e. The first-order chi connectivity index (χ1) is 20.8. The lowest BCUT2D eigenvalue weighted by Gasteiger charge is -2.28. The number of fused-ring (bicyclic) bond motifs is 3. The molecular weight excluding hydrogens is 630 g/mol. The Kier molecular flexibility index (Phi) is 7.83. The average Bonchev–Trinajstić information content (AvgIpc) is 3.47. The minimum absolute atomic E-state index is 0.169. The summed E-state index contributed by atoms with van der Waals surface area (Å²) >= 11 is 4.71. The number of carbonyl (C=O) groups is 2. The third-order valence-electron chi connectivity index (χ3n) is 7.81. The molecule has 2 aliphatic rings. The Bertz CT molecular complexity index is 2030. The first kappa shape index (κ1) is 29.1. The summed E-state index contributed by atoms with van der Waals surface area (Å²) in [5, 5.41) is 1.77. The van der Waals surface area contributed by atoms with Crippen molar-refractivity contribution in [3.05, 3.63) is 101 Å². The smallest absolute Gasteiger partial charge is 0.338 e. The van der Waals surface area contributed by atoms with E-state index in [1.807, 2.05) is 68.4 Å². The van der Waals surface area contributed by atoms with Crippen LogP contribution in [0.4, 0.5) is 5.69 Å². The van der Waals surface area contributed by atoms with Crippen LogP contribution in [-0.4, -0.2) is 36.7 Å². The van der Waals surface area contributed by atoms with E-state index in [1.165, 1.54) is 11.3 Å². The molecule has 0 fully saturated rings. The largest absolute Gasteiger partial charge is 0.496 e. The second-order valence-corrected chi connectivity index (χ2v) is 12.1. The van der Waals surface area contributed by atoms with Crippen molar-refractivity contribution in [3.63, 3.8) is 0 Å². The highest BCUT2D eigenvalue weighted by Gasteiger charge is 2.39. The van der Waals surface area contributed by atoms with Crippen molar-refractivity contribution in [1.82, 2.24) is 4.57 Å². The van der Waals surface area contributed by atoms with E-state index in [-0.39, 0.29) is 17.0 Å². The Morgan fingerprint density at radius 3 is 2.58 bits per heavy atom. The molecule has 3 heterocycles. The standard InChI is InChI=1S/C33H30BrN3O5S/c1-5-10-22-27(32(40)42-7-3)28(25-20-12-9-8-11-18(20)13-16-24(25)41-4)37-31(39)29(43-33(37)35-22)26-21-17-19(34)14-15-23(21)36(6-2)30(26)38/h8-9,11-17,28H,5-7,10H2,1-4H3/b29-26+/t28-/m1/s1. The van der Waals surface area contributed by atoms with Crippen LogP contribution in [0.5, 0.6) is 5.75 Å². The number of hydrogen-bond donors (Lipinski definition) is 0. The molecule has 1 atom stereocenters. The van der Waals surface area contributed by atoms with Crippen molar-refractivity contribution in [1.29, 1.82) is 0 Å². The first-order valence-corrected chi connectivity index (χ1v) is 15.9. The molecule has 0 saturated heterocycles. The fourth-order valence-electron chi connectivity index (χ4n) is 6.02. The van der Waals surface area contributed by atoms with E-state index >= 15 is 0 Å². The molecule has 0 aliphatic carbocycles. The van der Waals surface area contributed by atoms with Gasteiger partial charge in [-0.25, -0.2) is 9.79 Å². The molecule has 220 valence electrons. The molecule has 1 aromatic heterocycles. The Morgan fingerprint density at radius 2 is 1.86 bits per heavy atom. The summed E-state index contributed by atoms with van der Waals surface area (Å²) < 4.78 is 14.1. The number of thiazole rings is 1. The van der Waals surface area contributed by atoms with Crippen molar-refractivity contribution >= 4 is 61.2 Å². The van der Waals surface area contributed by atoms with Gasteiger partial charge in [0.2, 0.25) is 0 Å². The quantitative estimate of drug-likeness (QED) is 0.253. The number of ether oxygens (including phenoxy) is 2. The molecule has 3 aromatic carbocycles. The van der Waals surface area contributed by atoms with Crippen LogP contribution in [0.3, 0.4) is 0 Å². The number of nitrogens with zero attached hydrogens (tertiary/aromatic N) is 3. The predicted molar refractivity (Wildman–Crippen MR) is 171 cm³/mol. The van der Waals surface area contributed by atoms with Crippen LogP contribution in [0.15, 0.2) is 80.1 Å². The minimum atomic E-state index is -0.881. The maximum atomic E-state index is 14.6. The Morgan fingerprint density at radius 1 is 1.07 bits per heavy atom. The molecular formula is C33H30BrN3O5S. The molecule has 6 rings (SSSR count). The zero-order valence-electron chi connectivity index (χ0n) is 24.3. The van der Waals surface area contributed by atoms with E-state index in [1.54, 1.807) is 23.5 Å². The topological polar surface area (TPSA) is 90.2 Å². The molecule has 0 bridgehead atoms. The highest BCUT2D eigenvalue weighted by molar-refractivity contribution is 9.10. The Balaban J connectivity index is 1.76. The Labute approximate surface area is 260 Å². The van der Waals surface area contributed by atoms with E-state index in [4.69, 9.17) is 14.5 Å². The molecule has 2 aliphatic heterocycles. The number of benzene rings is 3. The Hall–Kier alpha value is -4.02. The molecule has 10 heteroatoms. The van der Waals surface area contributed by atoms with Crippen LogP contribution in [0.25, 0.3) is 16.3 Å². The molecule has 0 saturated carbocycles. The van der Waals surface area contributed by atoms with Crippen molar-refractivity contribution in [3.8, 4) is 5.75 Å². The molecule has 0 spiro atoms. The monoisotopic (exact) mass is 659 g/mol. The van der Waals surface area contributed by atoms with Crippen molar-refractivity contribution in [2.75, 3.05) is 25.2 Å². The third kappa shape index (κ3) is 4.64. The summed E-state index contributed by atoms with van der Waals surface area (Å²) in [7, 11) is 1.57. The van der Waals surface area contributed by atoms with Gasteiger partial charge in [0.1, 0.15) is 16.3 Å². The number of amides is 1. The van der Waals surface area contributed by atoms with Gasteiger partial charge in [-0.1, -0.05) is 70.9 Å². The van der Waals surface area contributed by atoms with E-state index in [0.29, 0.717) is 51.5 Å². The van der Waals surface area contributed by atoms with E-state index < -0.39 is 17.6 Å². The van der Waals surface area contributed by atoms with Gasteiger partial charge in [0, 0.05) is 22.1 Å². The lowest BCUT2D eigenvalue weighted by molar-refractivity contribution is -0.139. The maximum absolute atomic E-state index is 14.6. The van der Waals surface area contributed by atoms with Gasteiger partial charge in [-0.15, -0.1) is 0 Å². The summed E-state index contributed by atoms with van der Waals surface area (Å²) in [6.45, 7) is 6.30. The average molecular weight is 661 g/mol. The number of allylic oxidation sites excluding steroid dienone is 1. The summed E-state index contributed by atoms with van der Waals surface area (Å²) in [5.41, 5.74) is 2.91. The van der Waals surface area contributed by atoms with E-state index in [0.717, 1.165) is 27.4 Å². The number of carbonyl (C=O) groups excluding carboxylic acids is 2. The summed E-state index contributed by atoms with van der Waals surface area (Å²) in [5.74, 6) is -0.237. The fourth-order valence-corrected chi connectivity index (χ4v) is 7.49.